The summed E-state index contributed by atoms with van der Waals surface area (Å²) in [6, 6.07) is 1.48. The summed E-state index contributed by atoms with van der Waals surface area (Å²) >= 11 is 0. The Morgan fingerprint density at radius 2 is 1.81 bits per heavy atom. The second-order valence-electron chi connectivity index (χ2n) is 5.15. The maximum absolute atomic E-state index is 3.52. The van der Waals surface area contributed by atoms with Crippen LogP contribution < -0.4 is 5.32 Å². The SMILES string of the molecule is CCCC1CCC(NC)C(N(CC)CC)C1. The van der Waals surface area contributed by atoms with Crippen molar-refractivity contribution >= 4 is 0 Å². The van der Waals surface area contributed by atoms with Gasteiger partial charge in [0.2, 0.25) is 0 Å². The van der Waals surface area contributed by atoms with E-state index in [0.29, 0.717) is 6.04 Å². The van der Waals surface area contributed by atoms with Gasteiger partial charge in [0.25, 0.3) is 0 Å². The van der Waals surface area contributed by atoms with E-state index < -0.39 is 0 Å². The summed E-state index contributed by atoms with van der Waals surface area (Å²) < 4.78 is 0. The van der Waals surface area contributed by atoms with Crippen LogP contribution in [0.3, 0.4) is 0 Å². The van der Waals surface area contributed by atoms with Crippen molar-refractivity contribution < 1.29 is 0 Å². The van der Waals surface area contributed by atoms with Crippen LogP contribution in [0, 0.1) is 5.92 Å². The van der Waals surface area contributed by atoms with Gasteiger partial charge in [0.15, 0.2) is 0 Å². The molecule has 0 aromatic rings. The molecule has 1 fully saturated rings. The molecule has 1 N–H and O–H groups in total. The van der Waals surface area contributed by atoms with E-state index >= 15 is 0 Å². The summed E-state index contributed by atoms with van der Waals surface area (Å²) in [5.74, 6) is 0.972. The highest BCUT2D eigenvalue weighted by Gasteiger charge is 2.31. The predicted octanol–water partition coefficient (Wildman–Crippen LogP) is 2.89. The molecule has 0 saturated heterocycles. The minimum absolute atomic E-state index is 0.716. The first-order chi connectivity index (χ1) is 7.76. The van der Waals surface area contributed by atoms with Crippen molar-refractivity contribution in [2.24, 2.45) is 5.92 Å². The molecule has 2 heteroatoms. The molecule has 0 aromatic heterocycles. The molecule has 1 aliphatic rings. The van der Waals surface area contributed by atoms with E-state index in [1.165, 1.54) is 45.2 Å². The van der Waals surface area contributed by atoms with Gasteiger partial charge < -0.3 is 5.32 Å². The number of nitrogens with zero attached hydrogens (tertiary/aromatic N) is 1. The Labute approximate surface area is 102 Å². The molecule has 1 aliphatic carbocycles. The third-order valence-corrected chi connectivity index (χ3v) is 4.27. The molecule has 0 aromatic carbocycles. The highest BCUT2D eigenvalue weighted by Crippen LogP contribution is 2.30. The molecule has 0 radical (unpaired) electrons. The summed E-state index contributed by atoms with van der Waals surface area (Å²) in [6.45, 7) is 9.28. The van der Waals surface area contributed by atoms with Gasteiger partial charge in [-0.3, -0.25) is 4.90 Å². The fourth-order valence-corrected chi connectivity index (χ4v) is 3.33. The number of hydrogen-bond acceptors (Lipinski definition) is 2. The lowest BCUT2D eigenvalue weighted by Crippen LogP contribution is -2.52. The maximum Gasteiger partial charge on any atom is 0.0251 e. The third kappa shape index (κ3) is 3.46. The number of likely N-dealkylation sites (N-methyl/N-ethyl adjacent to an activating group) is 2. The van der Waals surface area contributed by atoms with Gasteiger partial charge in [-0.1, -0.05) is 33.6 Å². The zero-order valence-corrected chi connectivity index (χ0v) is 11.6. The standard InChI is InChI=1S/C14H30N2/c1-5-8-12-9-10-13(15-4)14(11-12)16(6-2)7-3/h12-15H,5-11H2,1-4H3. The van der Waals surface area contributed by atoms with Crippen LogP contribution in [0.5, 0.6) is 0 Å². The lowest BCUT2D eigenvalue weighted by Gasteiger charge is -2.42. The molecule has 0 spiro atoms. The van der Waals surface area contributed by atoms with Crippen molar-refractivity contribution in [2.45, 2.75) is 65.0 Å². The first kappa shape index (κ1) is 14.0. The fourth-order valence-electron chi connectivity index (χ4n) is 3.33. The van der Waals surface area contributed by atoms with Gasteiger partial charge in [-0.05, 0) is 45.3 Å². The van der Waals surface area contributed by atoms with Crippen molar-refractivity contribution in [2.75, 3.05) is 20.1 Å². The molecule has 1 saturated carbocycles. The van der Waals surface area contributed by atoms with E-state index in [2.05, 4.69) is 38.0 Å². The van der Waals surface area contributed by atoms with Crippen molar-refractivity contribution in [1.29, 1.82) is 0 Å². The highest BCUT2D eigenvalue weighted by atomic mass is 15.2. The van der Waals surface area contributed by atoms with E-state index in [4.69, 9.17) is 0 Å². The van der Waals surface area contributed by atoms with Gasteiger partial charge in [0.1, 0.15) is 0 Å². The minimum Gasteiger partial charge on any atom is -0.315 e. The molecule has 0 heterocycles. The van der Waals surface area contributed by atoms with Crippen LogP contribution in [-0.2, 0) is 0 Å². The van der Waals surface area contributed by atoms with E-state index in [1.807, 2.05) is 0 Å². The summed E-state index contributed by atoms with van der Waals surface area (Å²) in [4.78, 5) is 2.64. The van der Waals surface area contributed by atoms with Gasteiger partial charge in [-0.15, -0.1) is 0 Å². The normalized spacial score (nSPS) is 30.9. The van der Waals surface area contributed by atoms with Crippen LogP contribution >= 0.6 is 0 Å². The summed E-state index contributed by atoms with van der Waals surface area (Å²) in [6.07, 6.45) is 6.97. The molecule has 3 atom stereocenters. The van der Waals surface area contributed by atoms with Gasteiger partial charge in [-0.25, -0.2) is 0 Å². The summed E-state index contributed by atoms with van der Waals surface area (Å²) in [5, 5.41) is 3.52. The van der Waals surface area contributed by atoms with Gasteiger partial charge in [0, 0.05) is 12.1 Å². The van der Waals surface area contributed by atoms with Crippen LogP contribution in [-0.4, -0.2) is 37.1 Å². The Morgan fingerprint density at radius 3 is 2.31 bits per heavy atom. The highest BCUT2D eigenvalue weighted by molar-refractivity contribution is 4.90. The Kier molecular flexibility index (Phi) is 6.37. The largest absolute Gasteiger partial charge is 0.315 e. The molecule has 1 rings (SSSR count). The fraction of sp³-hybridized carbons (Fsp3) is 1.00. The van der Waals surface area contributed by atoms with Crippen LogP contribution in [0.4, 0.5) is 0 Å². The monoisotopic (exact) mass is 226 g/mol. The molecule has 0 amide bonds. The molecule has 96 valence electrons. The first-order valence-corrected chi connectivity index (χ1v) is 7.18. The average Bonchev–Trinajstić information content (AvgIpc) is 2.31. The number of rotatable bonds is 6. The van der Waals surface area contributed by atoms with Crippen molar-refractivity contribution in [3.8, 4) is 0 Å². The van der Waals surface area contributed by atoms with Gasteiger partial charge in [-0.2, -0.15) is 0 Å². The molecule has 2 nitrogen and oxygen atoms in total. The van der Waals surface area contributed by atoms with Crippen LogP contribution in [0.1, 0.15) is 52.9 Å². The molecular weight excluding hydrogens is 196 g/mol. The zero-order chi connectivity index (χ0) is 12.0. The van der Waals surface area contributed by atoms with E-state index in [9.17, 15) is 0 Å². The molecule has 0 aliphatic heterocycles. The zero-order valence-electron chi connectivity index (χ0n) is 11.6. The Hall–Kier alpha value is -0.0800. The minimum atomic E-state index is 0.716. The lowest BCUT2D eigenvalue weighted by atomic mass is 9.79. The smallest absolute Gasteiger partial charge is 0.0251 e. The number of nitrogens with one attached hydrogen (secondary N) is 1. The molecular formula is C14H30N2. The third-order valence-electron chi connectivity index (χ3n) is 4.27. The first-order valence-electron chi connectivity index (χ1n) is 7.18. The van der Waals surface area contributed by atoms with Crippen LogP contribution in [0.15, 0.2) is 0 Å². The van der Waals surface area contributed by atoms with Gasteiger partial charge in [0.05, 0.1) is 0 Å². The second-order valence-corrected chi connectivity index (χ2v) is 5.15. The van der Waals surface area contributed by atoms with E-state index in [1.54, 1.807) is 0 Å². The van der Waals surface area contributed by atoms with Crippen LogP contribution in [0.25, 0.3) is 0 Å². The average molecular weight is 226 g/mol. The lowest BCUT2D eigenvalue weighted by molar-refractivity contribution is 0.106. The molecule has 3 unspecified atom stereocenters. The quantitative estimate of drug-likeness (QED) is 0.749. The van der Waals surface area contributed by atoms with E-state index in [-0.39, 0.29) is 0 Å². The summed E-state index contributed by atoms with van der Waals surface area (Å²) in [7, 11) is 2.13. The maximum atomic E-state index is 3.52. The Bertz CT molecular complexity index is 170. The Balaban J connectivity index is 2.59. The van der Waals surface area contributed by atoms with Crippen LogP contribution in [0.2, 0.25) is 0 Å². The molecule has 0 bridgehead atoms. The van der Waals surface area contributed by atoms with Gasteiger partial charge >= 0.3 is 0 Å². The topological polar surface area (TPSA) is 15.3 Å². The van der Waals surface area contributed by atoms with Crippen molar-refractivity contribution in [3.63, 3.8) is 0 Å². The molecule has 16 heavy (non-hydrogen) atoms. The van der Waals surface area contributed by atoms with E-state index in [0.717, 1.165) is 12.0 Å². The predicted molar refractivity (Wildman–Crippen MR) is 71.8 cm³/mol. The second kappa shape index (κ2) is 7.29. The Morgan fingerprint density at radius 1 is 1.12 bits per heavy atom. The summed E-state index contributed by atoms with van der Waals surface area (Å²) in [5.41, 5.74) is 0. The van der Waals surface area contributed by atoms with Crippen molar-refractivity contribution in [3.05, 3.63) is 0 Å². The van der Waals surface area contributed by atoms with Crippen molar-refractivity contribution in [1.82, 2.24) is 10.2 Å². The number of hydrogen-bond donors (Lipinski definition) is 1.